The van der Waals surface area contributed by atoms with E-state index in [0.29, 0.717) is 10.9 Å². The molecule has 0 spiro atoms. The molecule has 0 bridgehead atoms. The van der Waals surface area contributed by atoms with Crippen LogP contribution >= 0.6 is 31.9 Å². The summed E-state index contributed by atoms with van der Waals surface area (Å²) in [5, 5.41) is 10.7. The molecule has 1 unspecified atom stereocenters. The molecule has 0 aromatic heterocycles. The zero-order chi connectivity index (χ0) is 14.0. The van der Waals surface area contributed by atoms with Gasteiger partial charge in [-0.2, -0.15) is 0 Å². The van der Waals surface area contributed by atoms with Crippen LogP contribution in [0.5, 0.6) is 0 Å². The molecule has 0 fully saturated rings. The highest BCUT2D eigenvalue weighted by Gasteiger charge is 2.26. The van der Waals surface area contributed by atoms with Gasteiger partial charge in [-0.1, -0.05) is 46.3 Å². The van der Waals surface area contributed by atoms with Crippen LogP contribution in [0.1, 0.15) is 18.1 Å². The van der Waals surface area contributed by atoms with Crippen LogP contribution in [0.3, 0.4) is 0 Å². The highest BCUT2D eigenvalue weighted by molar-refractivity contribution is 9.10. The molecule has 1 atom stereocenters. The fourth-order valence-corrected chi connectivity index (χ4v) is 3.17. The molecule has 0 aliphatic carbocycles. The van der Waals surface area contributed by atoms with E-state index < -0.39 is 5.60 Å². The van der Waals surface area contributed by atoms with Gasteiger partial charge in [-0.15, -0.1) is 0 Å². The molecule has 0 amide bonds. The first-order chi connectivity index (χ1) is 8.92. The normalized spacial score (nSPS) is 14.2. The SMILES string of the molecule is CC(O)(Cc1cccc(F)c1Br)c1ccccc1Br. The van der Waals surface area contributed by atoms with Crippen molar-refractivity contribution in [3.8, 4) is 0 Å². The van der Waals surface area contributed by atoms with Crippen LogP contribution in [0.4, 0.5) is 4.39 Å². The van der Waals surface area contributed by atoms with Gasteiger partial charge in [-0.05, 0) is 46.1 Å². The lowest BCUT2D eigenvalue weighted by Crippen LogP contribution is -2.25. The van der Waals surface area contributed by atoms with E-state index in [1.165, 1.54) is 6.07 Å². The largest absolute Gasteiger partial charge is 0.385 e. The summed E-state index contributed by atoms with van der Waals surface area (Å²) in [6.07, 6.45) is 0.327. The lowest BCUT2D eigenvalue weighted by molar-refractivity contribution is 0.0566. The van der Waals surface area contributed by atoms with Gasteiger partial charge in [0.1, 0.15) is 5.82 Å². The third-order valence-corrected chi connectivity index (χ3v) is 4.60. The topological polar surface area (TPSA) is 20.2 Å². The monoisotopic (exact) mass is 386 g/mol. The number of halogens is 3. The number of hydrogen-bond donors (Lipinski definition) is 1. The Kier molecular flexibility index (Phi) is 4.43. The van der Waals surface area contributed by atoms with Crippen molar-refractivity contribution in [1.29, 1.82) is 0 Å². The number of aliphatic hydroxyl groups is 1. The molecule has 0 aliphatic heterocycles. The van der Waals surface area contributed by atoms with E-state index in [-0.39, 0.29) is 5.82 Å². The van der Waals surface area contributed by atoms with Crippen LogP contribution in [-0.2, 0) is 12.0 Å². The van der Waals surface area contributed by atoms with Crippen molar-refractivity contribution >= 4 is 31.9 Å². The standard InChI is InChI=1S/C15H13Br2FO/c1-15(19,11-6-2-3-7-12(11)16)9-10-5-4-8-13(18)14(10)17/h2-8,19H,9H2,1H3. The van der Waals surface area contributed by atoms with E-state index in [1.54, 1.807) is 19.1 Å². The summed E-state index contributed by atoms with van der Waals surface area (Å²) < 4.78 is 14.7. The Bertz CT molecular complexity index is 596. The maximum Gasteiger partial charge on any atom is 0.137 e. The highest BCUT2D eigenvalue weighted by Crippen LogP contribution is 2.33. The van der Waals surface area contributed by atoms with Crippen molar-refractivity contribution in [3.05, 3.63) is 68.4 Å². The molecule has 19 heavy (non-hydrogen) atoms. The third kappa shape index (κ3) is 3.25. The van der Waals surface area contributed by atoms with E-state index in [9.17, 15) is 9.50 Å². The zero-order valence-corrected chi connectivity index (χ0v) is 13.5. The molecule has 0 heterocycles. The van der Waals surface area contributed by atoms with Gasteiger partial charge in [0.2, 0.25) is 0 Å². The maximum atomic E-state index is 13.5. The minimum absolute atomic E-state index is 0.319. The summed E-state index contributed by atoms with van der Waals surface area (Å²) in [6.45, 7) is 1.73. The van der Waals surface area contributed by atoms with E-state index in [4.69, 9.17) is 0 Å². The van der Waals surface area contributed by atoms with Crippen molar-refractivity contribution in [2.24, 2.45) is 0 Å². The van der Waals surface area contributed by atoms with E-state index in [2.05, 4.69) is 31.9 Å². The first-order valence-corrected chi connectivity index (χ1v) is 7.41. The Morgan fingerprint density at radius 1 is 1.11 bits per heavy atom. The number of benzene rings is 2. The van der Waals surface area contributed by atoms with Gasteiger partial charge in [0.25, 0.3) is 0 Å². The Hall–Kier alpha value is -0.710. The van der Waals surface area contributed by atoms with Gasteiger partial charge in [-0.3, -0.25) is 0 Å². The summed E-state index contributed by atoms with van der Waals surface area (Å²) in [6, 6.07) is 12.3. The first kappa shape index (κ1) is 14.7. The van der Waals surface area contributed by atoms with Gasteiger partial charge in [0.15, 0.2) is 0 Å². The molecule has 2 aromatic rings. The highest BCUT2D eigenvalue weighted by atomic mass is 79.9. The summed E-state index contributed by atoms with van der Waals surface area (Å²) >= 11 is 6.66. The minimum Gasteiger partial charge on any atom is -0.385 e. The third-order valence-electron chi connectivity index (χ3n) is 3.02. The Morgan fingerprint density at radius 3 is 2.47 bits per heavy atom. The molecule has 0 radical (unpaired) electrons. The Morgan fingerprint density at radius 2 is 1.79 bits per heavy atom. The van der Waals surface area contributed by atoms with Gasteiger partial charge in [-0.25, -0.2) is 4.39 Å². The van der Waals surface area contributed by atoms with Crippen LogP contribution in [0.25, 0.3) is 0 Å². The second-order valence-corrected chi connectivity index (χ2v) is 6.29. The van der Waals surface area contributed by atoms with Gasteiger partial charge in [0, 0.05) is 10.9 Å². The molecular weight excluding hydrogens is 375 g/mol. The molecule has 100 valence electrons. The smallest absolute Gasteiger partial charge is 0.137 e. The van der Waals surface area contributed by atoms with Crippen LogP contribution < -0.4 is 0 Å². The lowest BCUT2D eigenvalue weighted by Gasteiger charge is -2.25. The number of hydrogen-bond acceptors (Lipinski definition) is 1. The fourth-order valence-electron chi connectivity index (χ4n) is 2.05. The van der Waals surface area contributed by atoms with Crippen LogP contribution in [0, 0.1) is 5.82 Å². The van der Waals surface area contributed by atoms with Crippen molar-refractivity contribution in [2.75, 3.05) is 0 Å². The van der Waals surface area contributed by atoms with Gasteiger partial charge < -0.3 is 5.11 Å². The van der Waals surface area contributed by atoms with E-state index in [1.807, 2.05) is 24.3 Å². The van der Waals surface area contributed by atoms with E-state index >= 15 is 0 Å². The molecule has 1 N–H and O–H groups in total. The summed E-state index contributed by atoms with van der Waals surface area (Å²) in [4.78, 5) is 0. The molecule has 2 rings (SSSR count). The first-order valence-electron chi connectivity index (χ1n) is 5.82. The summed E-state index contributed by atoms with van der Waals surface area (Å²) in [5.41, 5.74) is 0.447. The zero-order valence-electron chi connectivity index (χ0n) is 10.3. The second-order valence-electron chi connectivity index (χ2n) is 4.64. The molecule has 4 heteroatoms. The van der Waals surface area contributed by atoms with Crippen LogP contribution in [0.2, 0.25) is 0 Å². The van der Waals surface area contributed by atoms with Crippen molar-refractivity contribution in [3.63, 3.8) is 0 Å². The van der Waals surface area contributed by atoms with Crippen molar-refractivity contribution in [1.82, 2.24) is 0 Å². The van der Waals surface area contributed by atoms with Gasteiger partial charge >= 0.3 is 0 Å². The predicted octanol–water partition coefficient (Wildman–Crippen LogP) is 4.80. The molecule has 1 nitrogen and oxygen atoms in total. The predicted molar refractivity (Wildman–Crippen MR) is 81.5 cm³/mol. The summed E-state index contributed by atoms with van der Waals surface area (Å²) in [5.74, 6) is -0.319. The summed E-state index contributed by atoms with van der Waals surface area (Å²) in [7, 11) is 0. The average molecular weight is 388 g/mol. The fraction of sp³-hybridized carbons (Fsp3) is 0.200. The Balaban J connectivity index is 2.36. The second kappa shape index (κ2) is 5.73. The lowest BCUT2D eigenvalue weighted by atomic mass is 9.89. The van der Waals surface area contributed by atoms with Crippen molar-refractivity contribution < 1.29 is 9.50 Å². The minimum atomic E-state index is -1.07. The molecule has 0 saturated heterocycles. The van der Waals surface area contributed by atoms with Crippen LogP contribution in [-0.4, -0.2) is 5.11 Å². The molecular formula is C15H13Br2FO. The maximum absolute atomic E-state index is 13.5. The number of rotatable bonds is 3. The average Bonchev–Trinajstić information content (AvgIpc) is 2.35. The molecule has 0 aliphatic rings. The van der Waals surface area contributed by atoms with Gasteiger partial charge in [0.05, 0.1) is 10.1 Å². The van der Waals surface area contributed by atoms with Crippen LogP contribution in [0.15, 0.2) is 51.4 Å². The van der Waals surface area contributed by atoms with Crippen molar-refractivity contribution in [2.45, 2.75) is 18.9 Å². The van der Waals surface area contributed by atoms with E-state index in [0.717, 1.165) is 15.6 Å². The molecule has 0 saturated carbocycles. The molecule has 2 aromatic carbocycles. The Labute approximate surface area is 128 Å². The quantitative estimate of drug-likeness (QED) is 0.801.